The molecule has 0 amide bonds. The van der Waals surface area contributed by atoms with Gasteiger partial charge >= 0.3 is 0 Å². The third kappa shape index (κ3) is 5.17. The van der Waals surface area contributed by atoms with Crippen molar-refractivity contribution in [3.63, 3.8) is 0 Å². The third-order valence-electron chi connectivity index (χ3n) is 3.41. The molecule has 3 heteroatoms. The van der Waals surface area contributed by atoms with Crippen LogP contribution in [0, 0.1) is 12.3 Å². The van der Waals surface area contributed by atoms with Gasteiger partial charge in [-0.05, 0) is 57.2 Å². The van der Waals surface area contributed by atoms with Crippen molar-refractivity contribution in [1.82, 2.24) is 0 Å². The van der Waals surface area contributed by atoms with E-state index in [1.165, 1.54) is 29.7 Å². The lowest BCUT2D eigenvalue weighted by Crippen LogP contribution is -2.10. The van der Waals surface area contributed by atoms with Crippen LogP contribution < -0.4 is 5.32 Å². The Labute approximate surface area is 122 Å². The van der Waals surface area contributed by atoms with Crippen molar-refractivity contribution in [2.24, 2.45) is 0 Å². The summed E-state index contributed by atoms with van der Waals surface area (Å²) < 4.78 is 0. The van der Waals surface area contributed by atoms with Gasteiger partial charge in [0.05, 0.1) is 0 Å². The summed E-state index contributed by atoms with van der Waals surface area (Å²) in [4.78, 5) is 0. The van der Waals surface area contributed by atoms with Gasteiger partial charge in [0, 0.05) is 30.6 Å². The molecule has 1 aliphatic carbocycles. The van der Waals surface area contributed by atoms with Crippen molar-refractivity contribution >= 4 is 11.4 Å². The van der Waals surface area contributed by atoms with E-state index in [9.17, 15) is 0 Å². The number of anilines is 1. The van der Waals surface area contributed by atoms with Gasteiger partial charge in [0.2, 0.25) is 0 Å². The molecule has 0 bridgehead atoms. The lowest BCUT2D eigenvalue weighted by molar-refractivity contribution is 0.399. The van der Waals surface area contributed by atoms with Gasteiger partial charge < -0.3 is 15.8 Å². The normalized spacial score (nSPS) is 14.4. The van der Waals surface area contributed by atoms with E-state index in [0.29, 0.717) is 0 Å². The van der Waals surface area contributed by atoms with Gasteiger partial charge in [-0.15, -0.1) is 0 Å². The number of hydrogen-bond acceptors (Lipinski definition) is 3. The molecule has 20 heavy (non-hydrogen) atoms. The summed E-state index contributed by atoms with van der Waals surface area (Å²) in [7, 11) is 1.00. The lowest BCUT2D eigenvalue weighted by atomic mass is 9.92. The molecule has 0 radical (unpaired) electrons. The van der Waals surface area contributed by atoms with Crippen molar-refractivity contribution in [2.45, 2.75) is 46.0 Å². The number of allylic oxidation sites excluding steroid dienone is 2. The molecule has 0 heterocycles. The maximum Gasteiger partial charge on any atom is 0.0381 e. The largest absolute Gasteiger partial charge is 0.400 e. The Morgan fingerprint density at radius 3 is 2.35 bits per heavy atom. The fourth-order valence-corrected chi connectivity index (χ4v) is 2.45. The van der Waals surface area contributed by atoms with Crippen LogP contribution in [-0.4, -0.2) is 17.9 Å². The van der Waals surface area contributed by atoms with E-state index in [4.69, 9.17) is 10.5 Å². The Morgan fingerprint density at radius 1 is 1.15 bits per heavy atom. The summed E-state index contributed by atoms with van der Waals surface area (Å²) in [5.41, 5.74) is 5.98. The van der Waals surface area contributed by atoms with E-state index in [1.807, 2.05) is 6.92 Å². The van der Waals surface area contributed by atoms with E-state index in [0.717, 1.165) is 37.8 Å². The molecule has 2 rings (SSSR count). The molecule has 1 aliphatic rings. The topological polar surface area (TPSA) is 56.1 Å². The predicted octanol–water partition coefficient (Wildman–Crippen LogP) is 4.27. The van der Waals surface area contributed by atoms with Crippen LogP contribution in [0.15, 0.2) is 35.5 Å². The van der Waals surface area contributed by atoms with Crippen LogP contribution in [0.25, 0.3) is 0 Å². The highest BCUT2D eigenvalue weighted by atomic mass is 16.2. The molecular formula is C17H26N2O. The lowest BCUT2D eigenvalue weighted by Gasteiger charge is -2.22. The Bertz CT molecular complexity index is 460. The Kier molecular flexibility index (Phi) is 7.02. The smallest absolute Gasteiger partial charge is 0.0381 e. The van der Waals surface area contributed by atoms with E-state index in [1.54, 1.807) is 0 Å². The van der Waals surface area contributed by atoms with Crippen LogP contribution in [0.5, 0.6) is 0 Å². The maximum atomic E-state index is 7.67. The first-order chi connectivity index (χ1) is 9.65. The van der Waals surface area contributed by atoms with Crippen LogP contribution in [-0.2, 0) is 0 Å². The second-order valence-corrected chi connectivity index (χ2v) is 5.24. The Balaban J connectivity index is 0.000000956. The second-order valence-electron chi connectivity index (χ2n) is 5.24. The minimum absolute atomic E-state index is 0.759. The van der Waals surface area contributed by atoms with Gasteiger partial charge in [-0.3, -0.25) is 0 Å². The number of aryl methyl sites for hydroxylation is 1. The molecule has 0 aromatic heterocycles. The molecule has 0 atom stereocenters. The van der Waals surface area contributed by atoms with Crippen LogP contribution in [0.1, 0.15) is 44.6 Å². The van der Waals surface area contributed by atoms with Crippen LogP contribution in [0.3, 0.4) is 0 Å². The summed E-state index contributed by atoms with van der Waals surface area (Å²) in [5, 5.41) is 18.2. The Morgan fingerprint density at radius 2 is 1.75 bits per heavy atom. The monoisotopic (exact) mass is 274 g/mol. The maximum absolute atomic E-state index is 7.67. The van der Waals surface area contributed by atoms with E-state index in [2.05, 4.69) is 36.5 Å². The van der Waals surface area contributed by atoms with E-state index >= 15 is 0 Å². The zero-order valence-electron chi connectivity index (χ0n) is 12.8. The molecule has 110 valence electrons. The fourth-order valence-electron chi connectivity index (χ4n) is 2.45. The highest BCUT2D eigenvalue weighted by molar-refractivity contribution is 5.81. The number of nitrogens with one attached hydrogen (secondary N) is 2. The van der Waals surface area contributed by atoms with Gasteiger partial charge in [-0.1, -0.05) is 17.7 Å². The third-order valence-corrected chi connectivity index (χ3v) is 3.41. The minimum atomic E-state index is 0.759. The molecule has 0 spiro atoms. The zero-order chi connectivity index (χ0) is 15.0. The number of rotatable bonds is 4. The number of hydrogen-bond donors (Lipinski definition) is 3. The average molecular weight is 274 g/mol. The molecule has 0 unspecified atom stereocenters. The first-order valence-electron chi connectivity index (χ1n) is 7.18. The van der Waals surface area contributed by atoms with E-state index in [-0.39, 0.29) is 0 Å². The number of aliphatic hydroxyl groups is 1. The fraction of sp³-hybridized carbons (Fsp3) is 0.471. The molecule has 1 aromatic carbocycles. The van der Waals surface area contributed by atoms with Gasteiger partial charge in [0.25, 0.3) is 0 Å². The second kappa shape index (κ2) is 8.54. The standard InChI is InChI=1S/C16H22N2.CH4O/c1-12-7-9-15(10-8-12)18-16-6-4-3-5-14(16)11-13(2)17;1-2/h7-10,17-18H,3-6,11H2,1-2H3;2H,1H3. The average Bonchev–Trinajstić information content (AvgIpc) is 2.45. The van der Waals surface area contributed by atoms with Crippen LogP contribution in [0.4, 0.5) is 5.69 Å². The quantitative estimate of drug-likeness (QED) is 0.718. The minimum Gasteiger partial charge on any atom is -0.400 e. The molecular weight excluding hydrogens is 248 g/mol. The molecule has 0 aliphatic heterocycles. The van der Waals surface area contributed by atoms with Gasteiger partial charge in [-0.2, -0.15) is 0 Å². The molecule has 1 aromatic rings. The van der Waals surface area contributed by atoms with Crippen molar-refractivity contribution in [3.05, 3.63) is 41.1 Å². The summed E-state index contributed by atoms with van der Waals surface area (Å²) in [6.07, 6.45) is 5.62. The van der Waals surface area contributed by atoms with Crippen LogP contribution in [0.2, 0.25) is 0 Å². The molecule has 0 saturated heterocycles. The summed E-state index contributed by atoms with van der Waals surface area (Å²) in [5.74, 6) is 0. The Hall–Kier alpha value is -1.61. The summed E-state index contributed by atoms with van der Waals surface area (Å²) >= 11 is 0. The van der Waals surface area contributed by atoms with E-state index < -0.39 is 0 Å². The first-order valence-corrected chi connectivity index (χ1v) is 7.18. The van der Waals surface area contributed by atoms with Crippen molar-refractivity contribution in [3.8, 4) is 0 Å². The van der Waals surface area contributed by atoms with Crippen molar-refractivity contribution in [1.29, 1.82) is 5.41 Å². The SMILES string of the molecule is CC(=N)CC1=C(Nc2ccc(C)cc2)CCCC1.CO. The van der Waals surface area contributed by atoms with Gasteiger partial charge in [-0.25, -0.2) is 0 Å². The highest BCUT2D eigenvalue weighted by Gasteiger charge is 2.13. The van der Waals surface area contributed by atoms with Gasteiger partial charge in [0.15, 0.2) is 0 Å². The molecule has 3 nitrogen and oxygen atoms in total. The first kappa shape index (κ1) is 16.4. The highest BCUT2D eigenvalue weighted by Crippen LogP contribution is 2.28. The molecule has 3 N–H and O–H groups in total. The summed E-state index contributed by atoms with van der Waals surface area (Å²) in [6.45, 7) is 4.00. The van der Waals surface area contributed by atoms with Crippen molar-refractivity contribution in [2.75, 3.05) is 12.4 Å². The zero-order valence-corrected chi connectivity index (χ0v) is 12.8. The van der Waals surface area contributed by atoms with Crippen LogP contribution >= 0.6 is 0 Å². The molecule has 0 saturated carbocycles. The number of benzene rings is 1. The number of aliphatic hydroxyl groups excluding tert-OH is 1. The molecule has 0 fully saturated rings. The van der Waals surface area contributed by atoms with Gasteiger partial charge in [0.1, 0.15) is 0 Å². The predicted molar refractivity (Wildman–Crippen MR) is 86.5 cm³/mol. The van der Waals surface area contributed by atoms with Crippen molar-refractivity contribution < 1.29 is 5.11 Å². The summed E-state index contributed by atoms with van der Waals surface area (Å²) in [6, 6.07) is 8.53.